The van der Waals surface area contributed by atoms with Crippen molar-refractivity contribution in [2.75, 3.05) is 0 Å². The zero-order chi connectivity index (χ0) is 15.4. The molecular weight excluding hydrogens is 282 g/mol. The van der Waals surface area contributed by atoms with Crippen LogP contribution in [0.15, 0.2) is 48.5 Å². The third kappa shape index (κ3) is 3.99. The maximum Gasteiger partial charge on any atom is 0.139 e. The zero-order valence-corrected chi connectivity index (χ0v) is 13.5. The number of para-hydroxylation sites is 1. The van der Waals surface area contributed by atoms with E-state index in [0.717, 1.165) is 11.3 Å². The monoisotopic (exact) mass is 303 g/mol. The molecule has 112 valence electrons. The summed E-state index contributed by atoms with van der Waals surface area (Å²) in [6.07, 6.45) is -0.219. The molecule has 0 fully saturated rings. The Morgan fingerprint density at radius 3 is 2.33 bits per heavy atom. The fraction of sp³-hybridized carbons (Fsp3) is 0.333. The van der Waals surface area contributed by atoms with Gasteiger partial charge in [0.05, 0.1) is 0 Å². The fourth-order valence-corrected chi connectivity index (χ4v) is 2.56. The van der Waals surface area contributed by atoms with E-state index in [9.17, 15) is 0 Å². The van der Waals surface area contributed by atoms with E-state index < -0.39 is 0 Å². The average Bonchev–Trinajstić information content (AvgIpc) is 2.44. The first-order valence-electron chi connectivity index (χ1n) is 7.25. The summed E-state index contributed by atoms with van der Waals surface area (Å²) in [7, 11) is 0. The van der Waals surface area contributed by atoms with E-state index in [4.69, 9.17) is 22.1 Å². The van der Waals surface area contributed by atoms with Crippen molar-refractivity contribution in [3.05, 3.63) is 64.7 Å². The Labute approximate surface area is 131 Å². The summed E-state index contributed by atoms with van der Waals surface area (Å²) < 4.78 is 6.23. The van der Waals surface area contributed by atoms with Gasteiger partial charge in [0.2, 0.25) is 0 Å². The molecule has 0 spiro atoms. The molecule has 0 bridgehead atoms. The van der Waals surface area contributed by atoms with E-state index in [-0.39, 0.29) is 12.1 Å². The molecule has 0 saturated heterocycles. The predicted octanol–water partition coefficient (Wildman–Crippen LogP) is 4.93. The number of hydrogen-bond donors (Lipinski definition) is 1. The van der Waals surface area contributed by atoms with Gasteiger partial charge >= 0.3 is 0 Å². The highest BCUT2D eigenvalue weighted by Crippen LogP contribution is 2.31. The van der Waals surface area contributed by atoms with Crippen LogP contribution in [0.5, 0.6) is 5.75 Å². The SMILES string of the molecule is CC(C)c1ccccc1OC(c1cccc(Cl)c1)C(C)N. The summed E-state index contributed by atoms with van der Waals surface area (Å²) in [6, 6.07) is 15.6. The molecule has 2 N–H and O–H groups in total. The van der Waals surface area contributed by atoms with Crippen LogP contribution in [0.3, 0.4) is 0 Å². The second-order valence-corrected chi connectivity index (χ2v) is 6.08. The van der Waals surface area contributed by atoms with Crippen LogP contribution in [-0.2, 0) is 0 Å². The topological polar surface area (TPSA) is 35.2 Å². The number of hydrogen-bond acceptors (Lipinski definition) is 2. The van der Waals surface area contributed by atoms with Gasteiger partial charge in [0, 0.05) is 11.1 Å². The third-order valence-corrected chi connectivity index (χ3v) is 3.68. The summed E-state index contributed by atoms with van der Waals surface area (Å²) in [5.41, 5.74) is 8.31. The summed E-state index contributed by atoms with van der Waals surface area (Å²) >= 11 is 6.08. The van der Waals surface area contributed by atoms with Crippen molar-refractivity contribution >= 4 is 11.6 Å². The Bertz CT molecular complexity index is 595. The largest absolute Gasteiger partial charge is 0.484 e. The minimum absolute atomic E-state index is 0.135. The molecule has 2 nitrogen and oxygen atoms in total. The van der Waals surface area contributed by atoms with Crippen LogP contribution in [0.1, 0.15) is 43.9 Å². The highest BCUT2D eigenvalue weighted by Gasteiger charge is 2.20. The quantitative estimate of drug-likeness (QED) is 0.850. The molecule has 2 aromatic carbocycles. The molecule has 21 heavy (non-hydrogen) atoms. The first-order valence-corrected chi connectivity index (χ1v) is 7.63. The molecule has 2 aromatic rings. The van der Waals surface area contributed by atoms with E-state index in [2.05, 4.69) is 19.9 Å². The Balaban J connectivity index is 2.34. The lowest BCUT2D eigenvalue weighted by Gasteiger charge is -2.25. The van der Waals surface area contributed by atoms with Crippen molar-refractivity contribution in [1.82, 2.24) is 0 Å². The maximum atomic E-state index is 6.23. The van der Waals surface area contributed by atoms with Crippen molar-refractivity contribution in [2.45, 2.75) is 38.8 Å². The van der Waals surface area contributed by atoms with Crippen molar-refractivity contribution in [3.63, 3.8) is 0 Å². The molecule has 0 saturated carbocycles. The number of nitrogens with two attached hydrogens (primary N) is 1. The normalized spacial score (nSPS) is 14.0. The van der Waals surface area contributed by atoms with Crippen LogP contribution >= 0.6 is 11.6 Å². The van der Waals surface area contributed by atoms with Crippen molar-refractivity contribution in [2.24, 2.45) is 5.73 Å². The van der Waals surface area contributed by atoms with Crippen molar-refractivity contribution in [1.29, 1.82) is 0 Å². The lowest BCUT2D eigenvalue weighted by Crippen LogP contribution is -2.29. The van der Waals surface area contributed by atoms with Gasteiger partial charge in [-0.2, -0.15) is 0 Å². The lowest BCUT2D eigenvalue weighted by atomic mass is 10.0. The standard InChI is InChI=1S/C18H22ClNO/c1-12(2)16-9-4-5-10-17(16)21-18(13(3)20)14-7-6-8-15(19)11-14/h4-13,18H,20H2,1-3H3. The Morgan fingerprint density at radius 2 is 1.71 bits per heavy atom. The van der Waals surface area contributed by atoms with Gasteiger partial charge in [0.1, 0.15) is 11.9 Å². The van der Waals surface area contributed by atoms with Crippen LogP contribution in [0.2, 0.25) is 5.02 Å². The summed E-state index contributed by atoms with van der Waals surface area (Å²) in [4.78, 5) is 0. The van der Waals surface area contributed by atoms with Crippen LogP contribution in [-0.4, -0.2) is 6.04 Å². The van der Waals surface area contributed by atoms with Crippen molar-refractivity contribution in [3.8, 4) is 5.75 Å². The highest BCUT2D eigenvalue weighted by atomic mass is 35.5. The molecule has 0 aromatic heterocycles. The smallest absolute Gasteiger partial charge is 0.139 e. The second kappa shape index (κ2) is 6.97. The van der Waals surface area contributed by atoms with Crippen LogP contribution < -0.4 is 10.5 Å². The van der Waals surface area contributed by atoms with Gasteiger partial charge in [0.25, 0.3) is 0 Å². The van der Waals surface area contributed by atoms with Crippen LogP contribution in [0, 0.1) is 0 Å². The van der Waals surface area contributed by atoms with Gasteiger partial charge in [-0.3, -0.25) is 0 Å². The van der Waals surface area contributed by atoms with Gasteiger partial charge in [-0.1, -0.05) is 55.8 Å². The minimum Gasteiger partial charge on any atom is -0.484 e. The van der Waals surface area contributed by atoms with E-state index in [1.807, 2.05) is 49.4 Å². The van der Waals surface area contributed by atoms with Crippen LogP contribution in [0.25, 0.3) is 0 Å². The van der Waals surface area contributed by atoms with E-state index >= 15 is 0 Å². The minimum atomic E-state index is -0.219. The molecule has 2 atom stereocenters. The van der Waals surface area contributed by atoms with Crippen molar-refractivity contribution < 1.29 is 4.74 Å². The average molecular weight is 304 g/mol. The number of halogens is 1. The summed E-state index contributed by atoms with van der Waals surface area (Å²) in [5.74, 6) is 1.28. The highest BCUT2D eigenvalue weighted by molar-refractivity contribution is 6.30. The third-order valence-electron chi connectivity index (χ3n) is 3.45. The molecule has 2 rings (SSSR count). The number of benzene rings is 2. The molecule has 0 aliphatic rings. The van der Waals surface area contributed by atoms with E-state index in [1.165, 1.54) is 5.56 Å². The van der Waals surface area contributed by atoms with Crippen LogP contribution in [0.4, 0.5) is 0 Å². The fourth-order valence-electron chi connectivity index (χ4n) is 2.36. The Kier molecular flexibility index (Phi) is 5.27. The molecule has 2 unspecified atom stereocenters. The Hall–Kier alpha value is -1.51. The predicted molar refractivity (Wildman–Crippen MR) is 89.0 cm³/mol. The van der Waals surface area contributed by atoms with Gasteiger partial charge in [-0.15, -0.1) is 0 Å². The van der Waals surface area contributed by atoms with Gasteiger partial charge < -0.3 is 10.5 Å². The number of rotatable bonds is 5. The molecule has 0 heterocycles. The molecule has 0 aliphatic heterocycles. The van der Waals surface area contributed by atoms with E-state index in [0.29, 0.717) is 10.9 Å². The molecule has 0 radical (unpaired) electrons. The number of ether oxygens (including phenoxy) is 1. The van der Waals surface area contributed by atoms with Gasteiger partial charge in [-0.05, 0) is 42.2 Å². The summed E-state index contributed by atoms with van der Waals surface area (Å²) in [6.45, 7) is 6.26. The molecule has 3 heteroatoms. The summed E-state index contributed by atoms with van der Waals surface area (Å²) in [5, 5.41) is 0.693. The molecular formula is C18H22ClNO. The first-order chi connectivity index (χ1) is 9.99. The van der Waals surface area contributed by atoms with E-state index in [1.54, 1.807) is 0 Å². The molecule has 0 amide bonds. The lowest BCUT2D eigenvalue weighted by molar-refractivity contribution is 0.178. The first kappa shape index (κ1) is 15.9. The van der Waals surface area contributed by atoms with Gasteiger partial charge in [-0.25, -0.2) is 0 Å². The van der Waals surface area contributed by atoms with Gasteiger partial charge in [0.15, 0.2) is 0 Å². The second-order valence-electron chi connectivity index (χ2n) is 5.65. The molecule has 0 aliphatic carbocycles. The zero-order valence-electron chi connectivity index (χ0n) is 12.7. The maximum absolute atomic E-state index is 6.23. The Morgan fingerprint density at radius 1 is 1.00 bits per heavy atom.